The number of carbonyl (C=O) groups is 1. The Morgan fingerprint density at radius 3 is 2.46 bits per heavy atom. The Balaban J connectivity index is 2.70. The zero-order valence-corrected chi connectivity index (χ0v) is 7.80. The maximum Gasteiger partial charge on any atom is 0.308 e. The van der Waals surface area contributed by atoms with E-state index in [4.69, 9.17) is 5.11 Å². The van der Waals surface area contributed by atoms with E-state index < -0.39 is 11.9 Å². The molecule has 0 spiro atoms. The molecule has 1 saturated heterocycles. The third-order valence-corrected chi connectivity index (χ3v) is 2.63. The van der Waals surface area contributed by atoms with Crippen LogP contribution in [-0.4, -0.2) is 29.2 Å². The molecular weight excluding hydrogens is 172 g/mol. The van der Waals surface area contributed by atoms with Crippen LogP contribution in [0.4, 0.5) is 0 Å². The molecule has 1 fully saturated rings. The fourth-order valence-corrected chi connectivity index (χ4v) is 1.81. The van der Waals surface area contributed by atoms with E-state index >= 15 is 0 Å². The highest BCUT2D eigenvalue weighted by Gasteiger charge is 2.39. The van der Waals surface area contributed by atoms with Gasteiger partial charge in [0.1, 0.15) is 0 Å². The number of carboxylic acids is 1. The molecule has 0 aromatic heterocycles. The van der Waals surface area contributed by atoms with Crippen LogP contribution < -0.4 is 0 Å². The quantitative estimate of drug-likeness (QED) is 0.666. The third-order valence-electron chi connectivity index (χ3n) is 2.63. The molecule has 1 heterocycles. The van der Waals surface area contributed by atoms with E-state index in [0.717, 1.165) is 0 Å². The summed E-state index contributed by atoms with van der Waals surface area (Å²) in [5.74, 6) is -0.967. The summed E-state index contributed by atoms with van der Waals surface area (Å²) in [6.07, 6.45) is 0. The molecule has 0 aromatic carbocycles. The molecule has 74 valence electrons. The van der Waals surface area contributed by atoms with Gasteiger partial charge in [0.25, 0.3) is 0 Å². The number of rotatable bonds is 3. The number of carboxylic acid groups (broad SMARTS) is 1. The summed E-state index contributed by atoms with van der Waals surface area (Å²) in [5, 5.41) is 12.9. The Morgan fingerprint density at radius 2 is 2.15 bits per heavy atom. The minimum atomic E-state index is -0.829. The van der Waals surface area contributed by atoms with Crippen LogP contribution in [0.3, 0.4) is 0 Å². The van der Waals surface area contributed by atoms with Gasteiger partial charge in [-0.1, -0.05) is 13.8 Å². The summed E-state index contributed by atoms with van der Waals surface area (Å²) in [5.41, 5.74) is 0. The minimum Gasteiger partial charge on any atom is -0.481 e. The number of nitroso groups, excluding NO2 is 1. The number of nitrogens with zero attached hydrogens (tertiary/aromatic N) is 2. The summed E-state index contributed by atoms with van der Waals surface area (Å²) in [6.45, 7) is 4.66. The summed E-state index contributed by atoms with van der Waals surface area (Å²) in [7, 11) is 0. The van der Waals surface area contributed by atoms with Crippen molar-refractivity contribution in [1.82, 2.24) is 5.01 Å². The second kappa shape index (κ2) is 3.72. The zero-order chi connectivity index (χ0) is 10.0. The maximum absolute atomic E-state index is 10.8. The van der Waals surface area contributed by atoms with Gasteiger partial charge in [0.15, 0.2) is 0 Å². The van der Waals surface area contributed by atoms with Gasteiger partial charge < -0.3 is 5.11 Å². The van der Waals surface area contributed by atoms with Crippen molar-refractivity contribution in [2.75, 3.05) is 13.1 Å². The van der Waals surface area contributed by atoms with Crippen LogP contribution in [0.1, 0.15) is 13.8 Å². The van der Waals surface area contributed by atoms with Crippen molar-refractivity contribution in [3.8, 4) is 0 Å². The smallest absolute Gasteiger partial charge is 0.308 e. The second-order valence-electron chi connectivity index (χ2n) is 3.81. The predicted octanol–water partition coefficient (Wildman–Crippen LogP) is 0.956. The van der Waals surface area contributed by atoms with E-state index in [0.29, 0.717) is 6.54 Å². The van der Waals surface area contributed by atoms with Crippen LogP contribution in [0.5, 0.6) is 0 Å². The first-order valence-electron chi connectivity index (χ1n) is 4.37. The van der Waals surface area contributed by atoms with Crippen molar-refractivity contribution in [3.05, 3.63) is 4.91 Å². The summed E-state index contributed by atoms with van der Waals surface area (Å²) in [4.78, 5) is 21.0. The number of hydrogen-bond acceptors (Lipinski definition) is 3. The van der Waals surface area contributed by atoms with E-state index in [2.05, 4.69) is 5.29 Å². The molecule has 0 aromatic rings. The molecular formula is C8H14N2O3. The SMILES string of the molecule is CC(C)C1CN(N=O)CC1C(=O)O. The van der Waals surface area contributed by atoms with Gasteiger partial charge in [0.05, 0.1) is 17.7 Å². The van der Waals surface area contributed by atoms with E-state index in [1.165, 1.54) is 5.01 Å². The lowest BCUT2D eigenvalue weighted by Crippen LogP contribution is -2.25. The highest BCUT2D eigenvalue weighted by molar-refractivity contribution is 5.71. The van der Waals surface area contributed by atoms with Gasteiger partial charge in [0, 0.05) is 6.54 Å². The zero-order valence-electron chi connectivity index (χ0n) is 7.80. The van der Waals surface area contributed by atoms with Crippen LogP contribution in [0.15, 0.2) is 5.29 Å². The fourth-order valence-electron chi connectivity index (χ4n) is 1.81. The van der Waals surface area contributed by atoms with Gasteiger partial charge in [-0.3, -0.25) is 9.80 Å². The molecule has 2 unspecified atom stereocenters. The third kappa shape index (κ3) is 1.96. The standard InChI is InChI=1S/C8H14N2O3/c1-5(2)6-3-10(9-13)4-7(6)8(11)12/h5-7H,3-4H2,1-2H3,(H,11,12). The van der Waals surface area contributed by atoms with Crippen molar-refractivity contribution in [3.63, 3.8) is 0 Å². The van der Waals surface area contributed by atoms with Crippen molar-refractivity contribution in [2.24, 2.45) is 23.0 Å². The van der Waals surface area contributed by atoms with Crippen LogP contribution in [0, 0.1) is 22.7 Å². The first-order valence-corrected chi connectivity index (χ1v) is 4.37. The van der Waals surface area contributed by atoms with Gasteiger partial charge >= 0.3 is 5.97 Å². The van der Waals surface area contributed by atoms with Crippen LogP contribution in [0.2, 0.25) is 0 Å². The van der Waals surface area contributed by atoms with Crippen molar-refractivity contribution >= 4 is 5.97 Å². The summed E-state index contributed by atoms with van der Waals surface area (Å²) < 4.78 is 0. The topological polar surface area (TPSA) is 70.0 Å². The Hall–Kier alpha value is -1.13. The molecule has 0 aliphatic carbocycles. The molecule has 0 bridgehead atoms. The normalized spacial score (nSPS) is 28.1. The van der Waals surface area contributed by atoms with Crippen LogP contribution in [-0.2, 0) is 4.79 Å². The largest absolute Gasteiger partial charge is 0.481 e. The minimum absolute atomic E-state index is 0.0372. The Kier molecular flexibility index (Phi) is 2.85. The second-order valence-corrected chi connectivity index (χ2v) is 3.81. The highest BCUT2D eigenvalue weighted by Crippen LogP contribution is 2.29. The molecule has 1 N–H and O–H groups in total. The van der Waals surface area contributed by atoms with E-state index in [1.807, 2.05) is 13.8 Å². The molecule has 0 saturated carbocycles. The number of aliphatic carboxylic acids is 1. The Labute approximate surface area is 76.7 Å². The van der Waals surface area contributed by atoms with Crippen molar-refractivity contribution in [1.29, 1.82) is 0 Å². The van der Waals surface area contributed by atoms with E-state index in [9.17, 15) is 9.70 Å². The Bertz CT molecular complexity index is 217. The average molecular weight is 186 g/mol. The molecule has 0 amide bonds. The van der Waals surface area contributed by atoms with Gasteiger partial charge in [-0.25, -0.2) is 0 Å². The van der Waals surface area contributed by atoms with Gasteiger partial charge in [-0.15, -0.1) is 4.91 Å². The molecule has 1 aliphatic heterocycles. The van der Waals surface area contributed by atoms with Crippen molar-refractivity contribution in [2.45, 2.75) is 13.8 Å². The lowest BCUT2D eigenvalue weighted by Gasteiger charge is -2.17. The molecule has 1 aliphatic rings. The van der Waals surface area contributed by atoms with Crippen molar-refractivity contribution < 1.29 is 9.90 Å². The first-order chi connectivity index (χ1) is 6.06. The molecule has 2 atom stereocenters. The van der Waals surface area contributed by atoms with Crippen LogP contribution >= 0.6 is 0 Å². The van der Waals surface area contributed by atoms with Gasteiger partial charge in [0.2, 0.25) is 0 Å². The molecule has 1 rings (SSSR count). The van der Waals surface area contributed by atoms with E-state index in [1.54, 1.807) is 0 Å². The van der Waals surface area contributed by atoms with Gasteiger partial charge in [-0.05, 0) is 11.8 Å². The highest BCUT2D eigenvalue weighted by atomic mass is 16.4. The van der Waals surface area contributed by atoms with Gasteiger partial charge in [-0.2, -0.15) is 0 Å². The number of hydrogen-bond donors (Lipinski definition) is 1. The molecule has 0 radical (unpaired) electrons. The Morgan fingerprint density at radius 1 is 1.54 bits per heavy atom. The molecule has 13 heavy (non-hydrogen) atoms. The summed E-state index contributed by atoms with van der Waals surface area (Å²) >= 11 is 0. The predicted molar refractivity (Wildman–Crippen MR) is 46.8 cm³/mol. The lowest BCUT2D eigenvalue weighted by atomic mass is 9.86. The molecule has 5 nitrogen and oxygen atoms in total. The first kappa shape index (κ1) is 9.95. The summed E-state index contributed by atoms with van der Waals surface area (Å²) in [6, 6.07) is 0. The molecule has 5 heteroatoms. The monoisotopic (exact) mass is 186 g/mol. The maximum atomic E-state index is 10.8. The van der Waals surface area contributed by atoms with Crippen LogP contribution in [0.25, 0.3) is 0 Å². The lowest BCUT2D eigenvalue weighted by molar-refractivity contribution is -0.143. The average Bonchev–Trinajstić information content (AvgIpc) is 2.47. The van der Waals surface area contributed by atoms with E-state index in [-0.39, 0.29) is 18.4 Å². The fraction of sp³-hybridized carbons (Fsp3) is 0.875.